The molecule has 0 saturated heterocycles. The first-order valence-electron chi connectivity index (χ1n) is 8.87. The van der Waals surface area contributed by atoms with E-state index in [0.29, 0.717) is 35.2 Å². The van der Waals surface area contributed by atoms with E-state index in [0.717, 1.165) is 19.3 Å². The second-order valence-electron chi connectivity index (χ2n) is 6.76. The number of ketones is 1. The zero-order chi connectivity index (χ0) is 18.7. The lowest BCUT2D eigenvalue weighted by Gasteiger charge is -2.26. The highest BCUT2D eigenvalue weighted by molar-refractivity contribution is 7.17. The van der Waals surface area contributed by atoms with Crippen molar-refractivity contribution in [3.05, 3.63) is 35.9 Å². The van der Waals surface area contributed by atoms with Crippen LogP contribution >= 0.6 is 11.3 Å². The third-order valence-corrected chi connectivity index (χ3v) is 5.94. The number of Topliss-reactive ketones (excluding diaryl/α,β-unsaturated/α-hetero) is 1. The molecule has 2 aliphatic carbocycles. The van der Waals surface area contributed by atoms with E-state index in [1.807, 2.05) is 0 Å². The molecule has 1 N–H and O–H groups in total. The second kappa shape index (κ2) is 7.95. The topological polar surface area (TPSA) is 79.4 Å². The number of fused-ring (bicyclic) bond motifs is 1. The third-order valence-electron chi connectivity index (χ3n) is 4.89. The molecule has 3 rings (SSSR count). The number of aromatic nitrogens is 1. The van der Waals surface area contributed by atoms with E-state index >= 15 is 0 Å². The van der Waals surface area contributed by atoms with E-state index in [9.17, 15) is 14.4 Å². The minimum atomic E-state index is -0.424. The van der Waals surface area contributed by atoms with Crippen molar-refractivity contribution in [2.24, 2.45) is 11.8 Å². The molecule has 0 aliphatic heterocycles. The molecule has 6 nitrogen and oxygen atoms in total. The smallest absolute Gasteiger partial charge is 0.229 e. The van der Waals surface area contributed by atoms with Gasteiger partial charge < -0.3 is 10.2 Å². The van der Waals surface area contributed by atoms with Gasteiger partial charge in [-0.2, -0.15) is 0 Å². The number of nitrogens with one attached hydrogen (secondary N) is 1. The second-order valence-corrected chi connectivity index (χ2v) is 7.76. The van der Waals surface area contributed by atoms with Gasteiger partial charge in [0.1, 0.15) is 0 Å². The predicted octanol–water partition coefficient (Wildman–Crippen LogP) is 2.83. The summed E-state index contributed by atoms with van der Waals surface area (Å²) in [5.41, 5.74) is 0.616. The number of hydrogen-bond donors (Lipinski definition) is 1. The number of hydrogen-bond acceptors (Lipinski definition) is 5. The number of thiazole rings is 1. The van der Waals surface area contributed by atoms with Crippen LogP contribution in [0, 0.1) is 11.8 Å². The number of rotatable bonds is 7. The summed E-state index contributed by atoms with van der Waals surface area (Å²) in [5.74, 6) is -0.551. The van der Waals surface area contributed by atoms with Gasteiger partial charge in [-0.15, -0.1) is 13.2 Å². The lowest BCUT2D eigenvalue weighted by molar-refractivity contribution is -0.134. The largest absolute Gasteiger partial charge is 0.335 e. The molecule has 2 amide bonds. The van der Waals surface area contributed by atoms with Crippen LogP contribution in [0.2, 0.25) is 0 Å². The van der Waals surface area contributed by atoms with Gasteiger partial charge in [0.2, 0.25) is 11.8 Å². The van der Waals surface area contributed by atoms with Crippen LogP contribution in [0.1, 0.15) is 41.0 Å². The molecule has 2 aliphatic rings. The first-order valence-corrected chi connectivity index (χ1v) is 9.69. The summed E-state index contributed by atoms with van der Waals surface area (Å²) in [6.07, 6.45) is 6.82. The number of carbonyl (C=O) groups is 3. The summed E-state index contributed by atoms with van der Waals surface area (Å²) in [5, 5.41) is 3.28. The Morgan fingerprint density at radius 2 is 1.88 bits per heavy atom. The van der Waals surface area contributed by atoms with Gasteiger partial charge in [-0.3, -0.25) is 14.4 Å². The van der Waals surface area contributed by atoms with Crippen LogP contribution in [0.4, 0.5) is 5.13 Å². The number of anilines is 1. The van der Waals surface area contributed by atoms with Gasteiger partial charge in [0, 0.05) is 31.8 Å². The van der Waals surface area contributed by atoms with Crippen molar-refractivity contribution in [1.29, 1.82) is 0 Å². The zero-order valence-electron chi connectivity index (χ0n) is 14.7. The zero-order valence-corrected chi connectivity index (χ0v) is 15.5. The maximum atomic E-state index is 12.7. The summed E-state index contributed by atoms with van der Waals surface area (Å²) in [6.45, 7) is 8.18. The van der Waals surface area contributed by atoms with Crippen molar-refractivity contribution in [3.8, 4) is 0 Å². The van der Waals surface area contributed by atoms with Crippen LogP contribution in [0.5, 0.6) is 0 Å². The molecule has 0 aromatic carbocycles. The minimum Gasteiger partial charge on any atom is -0.335 e. The van der Waals surface area contributed by atoms with E-state index in [4.69, 9.17) is 0 Å². The summed E-state index contributed by atoms with van der Waals surface area (Å²) in [6, 6.07) is 0. The van der Waals surface area contributed by atoms with Crippen LogP contribution in [0.3, 0.4) is 0 Å². The quantitative estimate of drug-likeness (QED) is 0.746. The molecular formula is C19H23N3O3S. The molecule has 1 fully saturated rings. The van der Waals surface area contributed by atoms with Gasteiger partial charge in [-0.25, -0.2) is 4.98 Å². The molecule has 1 aromatic rings. The standard InChI is InChI=1S/C19H23N3O3S/c1-3-8-22(9-4-2)18(25)13-10-14-16(15(23)11-13)26-19(20-14)21-17(24)12-6-5-7-12/h3-4,12-13H,1-2,5-11H2,(H,20,21,24). The number of nitrogens with zero attached hydrogens (tertiary/aromatic N) is 2. The highest BCUT2D eigenvalue weighted by Crippen LogP contribution is 2.34. The van der Waals surface area contributed by atoms with E-state index in [-0.39, 0.29) is 29.9 Å². The Balaban J connectivity index is 1.71. The van der Waals surface area contributed by atoms with Gasteiger partial charge in [0.25, 0.3) is 0 Å². The van der Waals surface area contributed by atoms with Crippen molar-refractivity contribution in [3.63, 3.8) is 0 Å². The predicted molar refractivity (Wildman–Crippen MR) is 101 cm³/mol. The van der Waals surface area contributed by atoms with Crippen molar-refractivity contribution in [1.82, 2.24) is 9.88 Å². The van der Waals surface area contributed by atoms with E-state index in [1.165, 1.54) is 11.3 Å². The highest BCUT2D eigenvalue weighted by Gasteiger charge is 2.35. The van der Waals surface area contributed by atoms with Crippen molar-refractivity contribution < 1.29 is 14.4 Å². The van der Waals surface area contributed by atoms with E-state index < -0.39 is 5.92 Å². The normalized spacial score (nSPS) is 19.2. The molecule has 7 heteroatoms. The van der Waals surface area contributed by atoms with Crippen molar-refractivity contribution in [2.45, 2.75) is 32.1 Å². The fourth-order valence-electron chi connectivity index (χ4n) is 3.26. The van der Waals surface area contributed by atoms with Gasteiger partial charge in [0.15, 0.2) is 10.9 Å². The fraction of sp³-hybridized carbons (Fsp3) is 0.474. The van der Waals surface area contributed by atoms with Crippen LogP contribution < -0.4 is 5.32 Å². The first kappa shape index (κ1) is 18.5. The Bertz CT molecular complexity index is 741. The van der Waals surface area contributed by atoms with Gasteiger partial charge >= 0.3 is 0 Å². The summed E-state index contributed by atoms with van der Waals surface area (Å²) in [7, 11) is 0. The highest BCUT2D eigenvalue weighted by atomic mass is 32.1. The first-order chi connectivity index (χ1) is 12.5. The Labute approximate surface area is 157 Å². The number of carbonyl (C=O) groups excluding carboxylic acids is 3. The molecule has 1 atom stereocenters. The maximum Gasteiger partial charge on any atom is 0.229 e. The van der Waals surface area contributed by atoms with Crippen LogP contribution in [0.25, 0.3) is 0 Å². The Hall–Kier alpha value is -2.28. The average molecular weight is 373 g/mol. The molecule has 138 valence electrons. The average Bonchev–Trinajstić information content (AvgIpc) is 2.95. The third kappa shape index (κ3) is 3.77. The molecule has 1 aromatic heterocycles. The molecule has 0 bridgehead atoms. The minimum absolute atomic E-state index is 0.0226. The fourth-order valence-corrected chi connectivity index (χ4v) is 4.21. The van der Waals surface area contributed by atoms with E-state index in [2.05, 4.69) is 23.5 Å². The maximum absolute atomic E-state index is 12.7. The Morgan fingerprint density at radius 1 is 1.19 bits per heavy atom. The molecule has 26 heavy (non-hydrogen) atoms. The lowest BCUT2D eigenvalue weighted by Crippen LogP contribution is -2.39. The van der Waals surface area contributed by atoms with Gasteiger partial charge in [0.05, 0.1) is 16.5 Å². The monoisotopic (exact) mass is 373 g/mol. The van der Waals surface area contributed by atoms with Crippen LogP contribution in [-0.2, 0) is 16.0 Å². The molecule has 1 unspecified atom stereocenters. The van der Waals surface area contributed by atoms with Crippen LogP contribution in [-0.4, -0.2) is 40.6 Å². The molecule has 1 saturated carbocycles. The Kier molecular flexibility index (Phi) is 5.66. The molecule has 1 heterocycles. The Morgan fingerprint density at radius 3 is 2.46 bits per heavy atom. The lowest BCUT2D eigenvalue weighted by atomic mass is 9.85. The van der Waals surface area contributed by atoms with Gasteiger partial charge in [-0.1, -0.05) is 29.9 Å². The molecule has 0 radical (unpaired) electrons. The molecule has 0 spiro atoms. The van der Waals surface area contributed by atoms with E-state index in [1.54, 1.807) is 17.1 Å². The molecular weight excluding hydrogens is 350 g/mol. The summed E-state index contributed by atoms with van der Waals surface area (Å²) in [4.78, 5) is 43.9. The van der Waals surface area contributed by atoms with Crippen LogP contribution in [0.15, 0.2) is 25.3 Å². The SMILES string of the molecule is C=CCN(CC=C)C(=O)C1CC(=O)c2sc(NC(=O)C3CCC3)nc2C1. The number of amides is 2. The summed E-state index contributed by atoms with van der Waals surface area (Å²) < 4.78 is 0. The van der Waals surface area contributed by atoms with Gasteiger partial charge in [-0.05, 0) is 12.8 Å². The van der Waals surface area contributed by atoms with Crippen molar-refractivity contribution in [2.75, 3.05) is 18.4 Å². The summed E-state index contributed by atoms with van der Waals surface area (Å²) >= 11 is 1.22. The van der Waals surface area contributed by atoms with Crippen molar-refractivity contribution >= 4 is 34.1 Å².